The van der Waals surface area contributed by atoms with Gasteiger partial charge in [-0.2, -0.15) is 4.52 Å². The Morgan fingerprint density at radius 1 is 0.926 bits per heavy atom. The van der Waals surface area contributed by atoms with Crippen molar-refractivity contribution in [3.63, 3.8) is 0 Å². The molecule has 0 saturated carbocycles. The van der Waals surface area contributed by atoms with Crippen molar-refractivity contribution < 1.29 is 0 Å². The molecule has 5 nitrogen and oxygen atoms in total. The minimum Gasteiger partial charge on any atom is -0.340 e. The van der Waals surface area contributed by atoms with Crippen LogP contribution in [0.15, 0.2) is 30.3 Å². The predicted octanol–water partition coefficient (Wildman–Crippen LogP) is 5.21. The molecule has 4 aromatic rings. The molecule has 0 unspecified atom stereocenters. The average Bonchev–Trinajstić information content (AvgIpc) is 2.93. The Bertz CT molecular complexity index is 1140. The van der Waals surface area contributed by atoms with Crippen LogP contribution in [0.3, 0.4) is 0 Å². The summed E-state index contributed by atoms with van der Waals surface area (Å²) in [6.45, 7) is 10.5. The number of aryl methyl sites for hydroxylation is 5. The molecule has 4 rings (SSSR count). The Hall–Kier alpha value is -2.95. The molecule has 0 aliphatic heterocycles. The van der Waals surface area contributed by atoms with Crippen molar-refractivity contribution in [2.45, 2.75) is 47.5 Å². The minimum atomic E-state index is 0.747. The van der Waals surface area contributed by atoms with E-state index in [1.165, 1.54) is 11.1 Å². The van der Waals surface area contributed by atoms with E-state index < -0.39 is 0 Å². The second-order valence-electron chi connectivity index (χ2n) is 7.40. The second-order valence-corrected chi connectivity index (χ2v) is 7.40. The van der Waals surface area contributed by atoms with Gasteiger partial charge in [0.25, 0.3) is 0 Å². The molecule has 1 aromatic carbocycles. The number of nitrogens with zero attached hydrogens (tertiary/aromatic N) is 4. The van der Waals surface area contributed by atoms with Crippen LogP contribution in [0, 0.1) is 27.7 Å². The molecule has 1 N–H and O–H groups in total. The van der Waals surface area contributed by atoms with Crippen LogP contribution in [0.4, 0.5) is 11.5 Å². The lowest BCUT2D eigenvalue weighted by atomic mass is 10.1. The van der Waals surface area contributed by atoms with Gasteiger partial charge in [-0.05, 0) is 69.0 Å². The van der Waals surface area contributed by atoms with Crippen molar-refractivity contribution >= 4 is 28.2 Å². The summed E-state index contributed by atoms with van der Waals surface area (Å²) < 4.78 is 1.89. The third kappa shape index (κ3) is 3.25. The summed E-state index contributed by atoms with van der Waals surface area (Å²) in [5.41, 5.74) is 8.34. The molecule has 0 fully saturated rings. The smallest absolute Gasteiger partial charge is 0.184 e. The summed E-state index contributed by atoms with van der Waals surface area (Å²) in [5.74, 6) is 0.920. The van der Waals surface area contributed by atoms with E-state index in [0.29, 0.717) is 0 Å². The van der Waals surface area contributed by atoms with Gasteiger partial charge in [-0.1, -0.05) is 19.4 Å². The number of pyridine rings is 1. The number of benzene rings is 1. The molecular weight excluding hydrogens is 334 g/mol. The fraction of sp³-hybridized carbons (Fsp3) is 0.318. The van der Waals surface area contributed by atoms with Crippen molar-refractivity contribution in [2.75, 3.05) is 5.32 Å². The second kappa shape index (κ2) is 6.65. The lowest BCUT2D eigenvalue weighted by Crippen LogP contribution is -2.04. The molecule has 0 aliphatic carbocycles. The number of hydrogen-bond donors (Lipinski definition) is 1. The fourth-order valence-corrected chi connectivity index (χ4v) is 3.74. The molecule has 3 aromatic heterocycles. The van der Waals surface area contributed by atoms with E-state index in [9.17, 15) is 0 Å². The van der Waals surface area contributed by atoms with Gasteiger partial charge in [-0.15, -0.1) is 5.10 Å². The van der Waals surface area contributed by atoms with E-state index in [-0.39, 0.29) is 0 Å². The Morgan fingerprint density at radius 3 is 2.37 bits per heavy atom. The zero-order valence-corrected chi connectivity index (χ0v) is 16.6. The van der Waals surface area contributed by atoms with Crippen LogP contribution in [0.25, 0.3) is 16.7 Å². The highest BCUT2D eigenvalue weighted by atomic mass is 15.3. The lowest BCUT2D eigenvalue weighted by Gasteiger charge is -2.12. The Morgan fingerprint density at radius 2 is 1.67 bits per heavy atom. The highest BCUT2D eigenvalue weighted by Gasteiger charge is 2.15. The lowest BCUT2D eigenvalue weighted by molar-refractivity contribution is 0.864. The van der Waals surface area contributed by atoms with Gasteiger partial charge in [-0.3, -0.25) is 0 Å². The van der Waals surface area contributed by atoms with Crippen LogP contribution < -0.4 is 5.32 Å². The maximum Gasteiger partial charge on any atom is 0.184 e. The first-order chi connectivity index (χ1) is 12.9. The molecule has 27 heavy (non-hydrogen) atoms. The summed E-state index contributed by atoms with van der Waals surface area (Å²) in [4.78, 5) is 9.53. The summed E-state index contributed by atoms with van der Waals surface area (Å²) in [7, 11) is 0. The van der Waals surface area contributed by atoms with E-state index in [0.717, 1.165) is 58.0 Å². The van der Waals surface area contributed by atoms with Gasteiger partial charge in [0.15, 0.2) is 11.3 Å². The first-order valence-electron chi connectivity index (χ1n) is 9.46. The molecule has 0 radical (unpaired) electrons. The van der Waals surface area contributed by atoms with E-state index in [1.807, 2.05) is 11.4 Å². The third-order valence-corrected chi connectivity index (χ3v) is 4.73. The standard InChI is InChI=1S/C22H25N5/c1-6-7-17-12-19(24-18-9-13(2)8-14(3)10-18)27-22(25-17)20-15(4)11-16(5)23-21(20)26-27/h8-12,24H,6-7H2,1-5H3. The highest BCUT2D eigenvalue weighted by molar-refractivity contribution is 5.93. The van der Waals surface area contributed by atoms with Crippen molar-refractivity contribution in [1.82, 2.24) is 19.6 Å². The normalized spacial score (nSPS) is 11.4. The van der Waals surface area contributed by atoms with Gasteiger partial charge in [0.2, 0.25) is 0 Å². The maximum absolute atomic E-state index is 4.90. The summed E-state index contributed by atoms with van der Waals surface area (Å²) in [6, 6.07) is 10.7. The molecule has 138 valence electrons. The number of aromatic nitrogens is 4. The first-order valence-corrected chi connectivity index (χ1v) is 9.46. The summed E-state index contributed by atoms with van der Waals surface area (Å²) in [5, 5.41) is 9.34. The zero-order valence-electron chi connectivity index (χ0n) is 16.6. The van der Waals surface area contributed by atoms with Crippen LogP contribution in [-0.2, 0) is 6.42 Å². The van der Waals surface area contributed by atoms with Crippen molar-refractivity contribution in [3.05, 3.63) is 58.4 Å². The maximum atomic E-state index is 4.90. The topological polar surface area (TPSA) is 55.1 Å². The Balaban J connectivity index is 1.96. The highest BCUT2D eigenvalue weighted by Crippen LogP contribution is 2.27. The van der Waals surface area contributed by atoms with Gasteiger partial charge in [0.05, 0.1) is 5.39 Å². The molecule has 0 aliphatic rings. The van der Waals surface area contributed by atoms with Crippen molar-refractivity contribution in [1.29, 1.82) is 0 Å². The largest absolute Gasteiger partial charge is 0.340 e. The molecular formula is C22H25N5. The summed E-state index contributed by atoms with van der Waals surface area (Å²) >= 11 is 0. The SMILES string of the molecule is CCCc1cc(Nc2cc(C)cc(C)c2)n2nc3nc(C)cc(C)c3c2n1. The molecule has 0 bridgehead atoms. The molecule has 0 atom stereocenters. The van der Waals surface area contributed by atoms with Crippen LogP contribution in [0.1, 0.15) is 41.4 Å². The molecule has 3 heterocycles. The molecule has 0 amide bonds. The number of hydrogen-bond acceptors (Lipinski definition) is 4. The predicted molar refractivity (Wildman–Crippen MR) is 111 cm³/mol. The molecule has 0 saturated heterocycles. The van der Waals surface area contributed by atoms with Gasteiger partial charge < -0.3 is 5.32 Å². The van der Waals surface area contributed by atoms with E-state index >= 15 is 0 Å². The Labute approximate surface area is 159 Å². The van der Waals surface area contributed by atoms with E-state index in [2.05, 4.69) is 68.3 Å². The Kier molecular flexibility index (Phi) is 4.30. The number of nitrogens with one attached hydrogen (secondary N) is 1. The monoisotopic (exact) mass is 359 g/mol. The van der Waals surface area contributed by atoms with Gasteiger partial charge in [0, 0.05) is 23.1 Å². The van der Waals surface area contributed by atoms with Crippen LogP contribution in [-0.4, -0.2) is 19.6 Å². The molecule has 0 spiro atoms. The first kappa shape index (κ1) is 17.5. The van der Waals surface area contributed by atoms with Gasteiger partial charge in [0.1, 0.15) is 5.82 Å². The van der Waals surface area contributed by atoms with Crippen LogP contribution in [0.5, 0.6) is 0 Å². The van der Waals surface area contributed by atoms with Crippen LogP contribution >= 0.6 is 0 Å². The van der Waals surface area contributed by atoms with Gasteiger partial charge in [-0.25, -0.2) is 9.97 Å². The number of fused-ring (bicyclic) bond motifs is 3. The number of anilines is 2. The minimum absolute atomic E-state index is 0.747. The molecule has 5 heteroatoms. The third-order valence-electron chi connectivity index (χ3n) is 4.73. The van der Waals surface area contributed by atoms with Crippen molar-refractivity contribution in [2.24, 2.45) is 0 Å². The zero-order chi connectivity index (χ0) is 19.1. The van der Waals surface area contributed by atoms with E-state index in [1.54, 1.807) is 0 Å². The van der Waals surface area contributed by atoms with Gasteiger partial charge >= 0.3 is 0 Å². The van der Waals surface area contributed by atoms with Crippen LogP contribution in [0.2, 0.25) is 0 Å². The fourth-order valence-electron chi connectivity index (χ4n) is 3.74. The van der Waals surface area contributed by atoms with E-state index in [4.69, 9.17) is 10.1 Å². The number of rotatable bonds is 4. The summed E-state index contributed by atoms with van der Waals surface area (Å²) in [6.07, 6.45) is 1.98. The quantitative estimate of drug-likeness (QED) is 0.543. The average molecular weight is 359 g/mol. The van der Waals surface area contributed by atoms with Crippen molar-refractivity contribution in [3.8, 4) is 0 Å².